The molecule has 2 heterocycles. The minimum atomic E-state index is -1.96. The van der Waals surface area contributed by atoms with Gasteiger partial charge in [0.05, 0.1) is 12.5 Å². The van der Waals surface area contributed by atoms with Crippen LogP contribution in [-0.4, -0.2) is 158 Å². The van der Waals surface area contributed by atoms with Crippen LogP contribution in [0.3, 0.4) is 0 Å². The Morgan fingerprint density at radius 1 is 0.500 bits per heavy atom. The molecule has 0 aliphatic heterocycles. The van der Waals surface area contributed by atoms with Crippen LogP contribution >= 0.6 is 0 Å². The summed E-state index contributed by atoms with van der Waals surface area (Å²) in [6, 6.07) is 20.4. The van der Waals surface area contributed by atoms with Gasteiger partial charge < -0.3 is 73.3 Å². The molecule has 27 nitrogen and oxygen atoms in total. The Balaban J connectivity index is 1.31. The van der Waals surface area contributed by atoms with Crippen molar-refractivity contribution in [2.45, 2.75) is 134 Å². The number of hydrogen-bond donors (Lipinski definition) is 13. The van der Waals surface area contributed by atoms with Crippen molar-refractivity contribution in [1.29, 1.82) is 0 Å². The van der Waals surface area contributed by atoms with Crippen molar-refractivity contribution >= 4 is 81.9 Å². The smallest absolute Gasteiger partial charge is 0.341 e. The number of amides is 8. The van der Waals surface area contributed by atoms with Gasteiger partial charge in [-0.15, -0.1) is 0 Å². The zero-order valence-electron chi connectivity index (χ0n) is 52.3. The molecule has 8 amide bonds. The monoisotopic (exact) mass is 1290 g/mol. The number of aromatic amines is 1. The lowest BCUT2D eigenvalue weighted by Crippen LogP contribution is -2.61. The molecule has 27 heteroatoms. The number of nitrogens with zero attached hydrogens (tertiary/aromatic N) is 1. The summed E-state index contributed by atoms with van der Waals surface area (Å²) in [6.07, 6.45) is 1.64. The minimum Gasteiger partial charge on any atom is -0.482 e. The summed E-state index contributed by atoms with van der Waals surface area (Å²) in [4.78, 5) is 170. The van der Waals surface area contributed by atoms with Crippen molar-refractivity contribution in [3.8, 4) is 16.9 Å². The maximum atomic E-state index is 15.0. The van der Waals surface area contributed by atoms with Crippen molar-refractivity contribution in [2.75, 3.05) is 13.2 Å². The largest absolute Gasteiger partial charge is 0.482 e. The number of pyridine rings is 1. The van der Waals surface area contributed by atoms with Gasteiger partial charge in [0.2, 0.25) is 47.3 Å². The number of ether oxygens (including phenoxy) is 1. The van der Waals surface area contributed by atoms with E-state index in [4.69, 9.17) is 15.6 Å². The number of aromatic nitrogens is 2. The van der Waals surface area contributed by atoms with Gasteiger partial charge in [-0.3, -0.25) is 57.7 Å². The molecule has 94 heavy (non-hydrogen) atoms. The summed E-state index contributed by atoms with van der Waals surface area (Å²) in [5, 5.41) is 50.5. The Morgan fingerprint density at radius 2 is 0.979 bits per heavy atom. The Hall–Kier alpha value is -10.8. The van der Waals surface area contributed by atoms with Crippen molar-refractivity contribution in [1.82, 2.24) is 52.5 Å². The van der Waals surface area contributed by atoms with Gasteiger partial charge in [0, 0.05) is 68.0 Å². The van der Waals surface area contributed by atoms with Gasteiger partial charge in [-0.05, 0) is 95.9 Å². The van der Waals surface area contributed by atoms with Gasteiger partial charge in [0.25, 0.3) is 0 Å². The summed E-state index contributed by atoms with van der Waals surface area (Å²) >= 11 is 0. The maximum absolute atomic E-state index is 15.0. The van der Waals surface area contributed by atoms with Crippen molar-refractivity contribution < 1.29 is 77.6 Å². The van der Waals surface area contributed by atoms with E-state index in [-0.39, 0.29) is 50.8 Å². The van der Waals surface area contributed by atoms with Crippen LogP contribution in [0.15, 0.2) is 134 Å². The van der Waals surface area contributed by atoms with Crippen molar-refractivity contribution in [2.24, 2.45) is 11.7 Å². The fourth-order valence-corrected chi connectivity index (χ4v) is 10.1. The molecule has 0 saturated carbocycles. The summed E-state index contributed by atoms with van der Waals surface area (Å²) in [6.45, 7) is 5.33. The Bertz CT molecular complexity index is 3620. The number of nitrogens with two attached hydrogens (primary N) is 1. The van der Waals surface area contributed by atoms with Gasteiger partial charge in [-0.2, -0.15) is 0 Å². The lowest BCUT2D eigenvalue weighted by Gasteiger charge is -2.29. The number of benzene rings is 4. The fourth-order valence-electron chi connectivity index (χ4n) is 10.1. The molecule has 4 aromatic carbocycles. The quantitative estimate of drug-likeness (QED) is 0.0266. The first-order valence-electron chi connectivity index (χ1n) is 30.5. The average Bonchev–Trinajstić information content (AvgIpc) is 1.57. The van der Waals surface area contributed by atoms with Gasteiger partial charge in [-0.1, -0.05) is 106 Å². The highest BCUT2D eigenvalue weighted by Crippen LogP contribution is 2.23. The predicted octanol–water partition coefficient (Wildman–Crippen LogP) is 2.19. The number of fused-ring (bicyclic) bond motifs is 1. The number of carbonyl (C=O) groups is 12. The average molecular weight is 1290 g/mol. The molecule has 6 aromatic rings. The normalized spacial score (nSPS) is 13.6. The number of para-hydroxylation sites is 1. The molecule has 0 aliphatic carbocycles. The maximum Gasteiger partial charge on any atom is 0.341 e. The van der Waals surface area contributed by atoms with E-state index < -0.39 is 151 Å². The lowest BCUT2D eigenvalue weighted by molar-refractivity contribution is -0.142. The highest BCUT2D eigenvalue weighted by molar-refractivity contribution is 5.99. The van der Waals surface area contributed by atoms with E-state index in [0.29, 0.717) is 33.2 Å². The van der Waals surface area contributed by atoms with Crippen molar-refractivity contribution in [3.05, 3.63) is 156 Å². The van der Waals surface area contributed by atoms with Crippen LogP contribution in [0.4, 0.5) is 0 Å². The van der Waals surface area contributed by atoms with Gasteiger partial charge in [0.1, 0.15) is 48.0 Å². The van der Waals surface area contributed by atoms with E-state index in [0.717, 1.165) is 11.1 Å². The third-order valence-electron chi connectivity index (χ3n) is 15.2. The number of H-pyrrole nitrogens is 1. The van der Waals surface area contributed by atoms with Gasteiger partial charge >= 0.3 is 17.9 Å². The molecule has 14 N–H and O–H groups in total. The Morgan fingerprint density at radius 3 is 1.53 bits per heavy atom. The number of carboxylic acid groups (broad SMARTS) is 3. The highest BCUT2D eigenvalue weighted by Gasteiger charge is 2.37. The fraction of sp³-hybridized carbons (Fsp3) is 0.358. The number of carboxylic acids is 3. The first-order valence-corrected chi connectivity index (χ1v) is 30.5. The van der Waals surface area contributed by atoms with Crippen LogP contribution in [0, 0.1) is 5.92 Å². The summed E-state index contributed by atoms with van der Waals surface area (Å²) < 4.78 is 5.25. The predicted molar refractivity (Wildman–Crippen MR) is 343 cm³/mol. The molecule has 0 radical (unpaired) electrons. The van der Waals surface area contributed by atoms with Crippen LogP contribution in [0.2, 0.25) is 0 Å². The standard InChI is InChI=1S/C67H79N11O16/c1-5-56(80)71-51(33-42-26-29-69-30-27-42)62(88)74-52(32-41-17-21-46(22-18-41)94-37-59(85)86)64(90)76-55(35-58(83)84)65(91)75-54(34-45-36-70-49-14-10-9-13-47(45)49)66(92)78-60(38(2)3)67(93)77-53(31-40-15-19-44(20-16-40)43-11-7-6-8-12-43)63(89)73-50(23-24-57(81)82)61(87)72-48(25-28-68)39(4)79/h6-22,26-27,29-30,36,38,48,50-55,60,70H,5,23-25,28,31-35,37,68H2,1-4H3,(H,71,80)(H,72,87)(H,73,89)(H,74,88)(H,75,91)(H,76,90)(H,77,93)(H,78,92)(H,81,82)(H,83,84)(H,85,86)/t48-,50-,51-,52-,53-,54-,55-,60-/m0/s1. The molecule has 2 aromatic heterocycles. The molecule has 8 atom stereocenters. The number of Topliss-reactive ketones (excluding diaryl/α,β-unsaturated/α-hetero) is 1. The number of carbonyl (C=O) groups excluding carboxylic acids is 9. The van der Waals surface area contributed by atoms with Crippen LogP contribution < -0.4 is 53.0 Å². The van der Waals surface area contributed by atoms with Crippen LogP contribution in [-0.2, 0) is 83.2 Å². The van der Waals surface area contributed by atoms with Crippen LogP contribution in [0.5, 0.6) is 5.75 Å². The number of hydrogen-bond acceptors (Lipinski definition) is 15. The number of aliphatic carboxylic acids is 3. The second-order valence-corrected chi connectivity index (χ2v) is 22.7. The molecular formula is C67H79N11O16. The van der Waals surface area contributed by atoms with Crippen LogP contribution in [0.1, 0.15) is 82.1 Å². The molecular weight excluding hydrogens is 1210 g/mol. The Kier molecular flexibility index (Phi) is 27.4. The first kappa shape index (κ1) is 72.2. The van der Waals surface area contributed by atoms with Gasteiger partial charge in [0.15, 0.2) is 12.4 Å². The van der Waals surface area contributed by atoms with E-state index in [1.54, 1.807) is 87.6 Å². The van der Waals surface area contributed by atoms with E-state index in [9.17, 15) is 67.7 Å². The first-order chi connectivity index (χ1) is 44.9. The van der Waals surface area contributed by atoms with E-state index in [1.807, 2.05) is 30.3 Å². The SMILES string of the molecule is CCC(=O)N[C@@H](Cc1ccncc1)C(=O)N[C@@H](Cc1ccc(OCC(=O)O)cc1)C(=O)N[C@@H](CC(=O)O)C(=O)N[C@@H](Cc1c[nH]c2ccccc12)C(=O)N[C@H](C(=O)N[C@@H](Cc1ccc(-c2ccccc2)cc1)C(=O)N[C@@H](CCC(=O)O)C(=O)N[C@@H](CCN)C(C)=O)C(C)C. The van der Waals surface area contributed by atoms with Crippen molar-refractivity contribution in [3.63, 3.8) is 0 Å². The van der Waals surface area contributed by atoms with E-state index in [2.05, 4.69) is 52.5 Å². The molecule has 0 bridgehead atoms. The zero-order valence-corrected chi connectivity index (χ0v) is 52.3. The summed E-state index contributed by atoms with van der Waals surface area (Å²) in [7, 11) is 0. The Labute approximate surface area is 541 Å². The van der Waals surface area contributed by atoms with Crippen LogP contribution in [0.25, 0.3) is 22.0 Å². The van der Waals surface area contributed by atoms with Gasteiger partial charge in [-0.25, -0.2) is 4.79 Å². The number of ketones is 1. The second-order valence-electron chi connectivity index (χ2n) is 22.7. The van der Waals surface area contributed by atoms with E-state index in [1.165, 1.54) is 43.6 Å². The molecule has 0 saturated heterocycles. The third kappa shape index (κ3) is 22.5. The lowest BCUT2D eigenvalue weighted by atomic mass is 9.98. The molecule has 0 fully saturated rings. The summed E-state index contributed by atoms with van der Waals surface area (Å²) in [5.41, 5.74) is 10.0. The number of nitrogens with one attached hydrogen (secondary N) is 9. The third-order valence-corrected chi connectivity index (χ3v) is 15.2. The van der Waals surface area contributed by atoms with E-state index >= 15 is 0 Å². The topological polar surface area (TPSA) is 426 Å². The molecule has 0 spiro atoms. The highest BCUT2D eigenvalue weighted by atomic mass is 16.5. The second kappa shape index (κ2) is 35.7. The zero-order chi connectivity index (χ0) is 68.4. The molecule has 0 unspecified atom stereocenters. The molecule has 6 rings (SSSR count). The summed E-state index contributed by atoms with van der Waals surface area (Å²) in [5.74, 6) is -12.5. The molecule has 498 valence electrons. The number of rotatable bonds is 37. The minimum absolute atomic E-state index is 0.00824. The molecule has 0 aliphatic rings.